The van der Waals surface area contributed by atoms with Crippen molar-refractivity contribution in [1.82, 2.24) is 19.6 Å². The van der Waals surface area contributed by atoms with E-state index in [1.807, 2.05) is 0 Å². The Morgan fingerprint density at radius 2 is 0.420 bits per heavy atom. The van der Waals surface area contributed by atoms with Gasteiger partial charge in [0.25, 0.3) is 0 Å². The van der Waals surface area contributed by atoms with Crippen LogP contribution in [-0.2, 0) is 57.2 Å². The van der Waals surface area contributed by atoms with Crippen molar-refractivity contribution in [2.24, 2.45) is 35.5 Å². The third kappa shape index (κ3) is 45.8. The zero-order chi connectivity index (χ0) is 65.4. The molecule has 506 valence electrons. The third-order valence-electron chi connectivity index (χ3n) is 16.5. The lowest BCUT2D eigenvalue weighted by Crippen LogP contribution is -2.39. The second kappa shape index (κ2) is 56.8. The summed E-state index contributed by atoms with van der Waals surface area (Å²) in [4.78, 5) is 87.2. The van der Waals surface area contributed by atoms with E-state index in [9.17, 15) is 28.8 Å². The molecule has 0 radical (unpaired) electrons. The molecule has 0 rings (SSSR count). The highest BCUT2D eigenvalue weighted by molar-refractivity contribution is 5.84. The summed E-state index contributed by atoms with van der Waals surface area (Å²) in [5.74, 6) is -1.47. The molecule has 6 atom stereocenters. The second-order valence-corrected chi connectivity index (χ2v) is 23.7. The number of ether oxygens (including phenoxy) is 6. The Balaban J connectivity index is 7.59. The highest BCUT2D eigenvalue weighted by Crippen LogP contribution is 2.18. The molecule has 0 aromatic heterocycles. The average molecular weight is 1240 g/mol. The maximum absolute atomic E-state index is 13.3. The molecule has 88 heavy (non-hydrogen) atoms. The summed E-state index contributed by atoms with van der Waals surface area (Å²) < 4.78 is 34.4. The molecule has 0 amide bonds. The lowest BCUT2D eigenvalue weighted by molar-refractivity contribution is -0.140. The van der Waals surface area contributed by atoms with Crippen molar-refractivity contribution in [1.29, 1.82) is 0 Å². The van der Waals surface area contributed by atoms with Gasteiger partial charge in [-0.2, -0.15) is 0 Å². The van der Waals surface area contributed by atoms with E-state index in [1.54, 1.807) is 51.9 Å². The summed E-state index contributed by atoms with van der Waals surface area (Å²) >= 11 is 0. The summed E-state index contributed by atoms with van der Waals surface area (Å²) in [5.41, 5.74) is 0. The molecule has 0 N–H and O–H groups in total. The van der Waals surface area contributed by atoms with E-state index in [4.69, 9.17) is 28.4 Å². The first-order chi connectivity index (χ1) is 42.6. The molecule has 0 aliphatic heterocycles. The van der Waals surface area contributed by atoms with Gasteiger partial charge in [0.2, 0.25) is 0 Å². The largest absolute Gasteiger partial charge is 0.462 e. The van der Waals surface area contributed by atoms with Crippen LogP contribution in [0.5, 0.6) is 0 Å². The molecule has 0 saturated heterocycles. The summed E-state index contributed by atoms with van der Waals surface area (Å²) in [7, 11) is 0. The van der Waals surface area contributed by atoms with E-state index in [0.717, 1.165) is 154 Å². The van der Waals surface area contributed by atoms with Gasteiger partial charge in [0, 0.05) is 113 Å². The molecule has 0 aliphatic carbocycles. The van der Waals surface area contributed by atoms with E-state index in [-0.39, 0.29) is 55.1 Å². The fourth-order valence-corrected chi connectivity index (χ4v) is 9.52. The molecule has 16 nitrogen and oxygen atoms in total. The zero-order valence-electron chi connectivity index (χ0n) is 57.5. The van der Waals surface area contributed by atoms with Crippen LogP contribution in [0.1, 0.15) is 237 Å². The number of rotatable bonds is 57. The Morgan fingerprint density at radius 1 is 0.261 bits per heavy atom. The molecule has 6 unspecified atom stereocenters. The van der Waals surface area contributed by atoms with Crippen LogP contribution in [0.3, 0.4) is 0 Å². The van der Waals surface area contributed by atoms with Crippen molar-refractivity contribution in [3.8, 4) is 0 Å². The molecule has 16 heteroatoms. The standard InChI is InChI=1S/C72H126N4O12/c1-13-25-31-61(19-7)55-83-67(77)37-43-73(44-38-68(78)84-56-62(20-8)32-26-14-2)49-52-76(53-50-74(45-39-69(79)85-57-63(21-9)33-27-15-3)46-40-70(80)86-58-64(22-10)34-28-16-4)54-51-75(47-41-71(81)87-59-65(23-11)35-29-17-5)48-42-72(82)88-60-66(24-12)36-30-18-6/h37-48,61-66H,13-36,49-60H2,1-12H3. The SMILES string of the molecule is CCCCC(CC)COC(=O)C=CN(C=CC(=O)OCC(CC)CCCC)CCN(CCN(C=CC(=O)OCC(CC)CCCC)C=CC(=O)OCC(CC)CCCC)CCN(C=CC(=O)OCC(CC)CCCC)C=CC(=O)OCC(CC)CCCC. The summed E-state index contributed by atoms with van der Waals surface area (Å²) in [6.45, 7) is 29.2. The smallest absolute Gasteiger partial charge is 0.332 e. The average Bonchev–Trinajstić information content (AvgIpc) is 3.70. The lowest BCUT2D eigenvalue weighted by atomic mass is 10.0. The Morgan fingerprint density at radius 3 is 0.557 bits per heavy atom. The van der Waals surface area contributed by atoms with Crippen molar-refractivity contribution in [2.45, 2.75) is 237 Å². The van der Waals surface area contributed by atoms with Crippen LogP contribution in [0.4, 0.5) is 0 Å². The quantitative estimate of drug-likeness (QED) is 0.0320. The minimum absolute atomic E-state index is 0.253. The molecular formula is C72H126N4O12. The Kier molecular flexibility index (Phi) is 53.4. The van der Waals surface area contributed by atoms with Crippen LogP contribution in [0.25, 0.3) is 0 Å². The van der Waals surface area contributed by atoms with Gasteiger partial charge in [-0.05, 0) is 74.0 Å². The van der Waals surface area contributed by atoms with Crippen LogP contribution < -0.4 is 0 Å². The van der Waals surface area contributed by atoms with E-state index in [0.29, 0.717) is 59.3 Å². The molecule has 0 heterocycles. The van der Waals surface area contributed by atoms with Gasteiger partial charge < -0.3 is 43.1 Å². The maximum Gasteiger partial charge on any atom is 0.332 e. The monoisotopic (exact) mass is 1240 g/mol. The van der Waals surface area contributed by atoms with Crippen LogP contribution in [-0.4, -0.2) is 134 Å². The Bertz CT molecular complexity index is 1640. The molecule has 0 aliphatic rings. The highest BCUT2D eigenvalue weighted by atomic mass is 16.6. The molecule has 0 aromatic rings. The van der Waals surface area contributed by atoms with Crippen molar-refractivity contribution in [2.75, 3.05) is 78.9 Å². The van der Waals surface area contributed by atoms with Gasteiger partial charge in [0.05, 0.1) is 39.6 Å². The first-order valence-corrected chi connectivity index (χ1v) is 34.7. The maximum atomic E-state index is 13.3. The summed E-state index contributed by atoms with van der Waals surface area (Å²) in [6, 6.07) is 0. The van der Waals surface area contributed by atoms with E-state index >= 15 is 0 Å². The summed E-state index contributed by atoms with van der Waals surface area (Å²) in [6.07, 6.45) is 41.6. The predicted molar refractivity (Wildman–Crippen MR) is 357 cm³/mol. The van der Waals surface area contributed by atoms with Crippen molar-refractivity contribution >= 4 is 35.8 Å². The normalized spacial score (nSPS) is 14.0. The van der Waals surface area contributed by atoms with Crippen molar-refractivity contribution < 1.29 is 57.2 Å². The number of esters is 6. The molecule has 0 saturated carbocycles. The zero-order valence-corrected chi connectivity index (χ0v) is 57.5. The van der Waals surface area contributed by atoms with Crippen molar-refractivity contribution in [3.05, 3.63) is 73.7 Å². The first-order valence-electron chi connectivity index (χ1n) is 34.7. The van der Waals surface area contributed by atoms with E-state index in [1.165, 1.54) is 36.5 Å². The number of carbonyl (C=O) groups is 6. The number of hydrogen-bond acceptors (Lipinski definition) is 16. The first kappa shape index (κ1) is 82.6. The van der Waals surface area contributed by atoms with Gasteiger partial charge in [0.1, 0.15) is 0 Å². The van der Waals surface area contributed by atoms with Gasteiger partial charge >= 0.3 is 35.8 Å². The van der Waals surface area contributed by atoms with Gasteiger partial charge in [-0.15, -0.1) is 0 Å². The van der Waals surface area contributed by atoms with Gasteiger partial charge in [-0.1, -0.05) is 199 Å². The van der Waals surface area contributed by atoms with Gasteiger partial charge in [-0.3, -0.25) is 4.90 Å². The lowest BCUT2D eigenvalue weighted by Gasteiger charge is -2.29. The van der Waals surface area contributed by atoms with E-state index in [2.05, 4.69) is 88.0 Å². The molecule has 0 fully saturated rings. The number of hydrogen-bond donors (Lipinski definition) is 0. The van der Waals surface area contributed by atoms with Crippen molar-refractivity contribution in [3.63, 3.8) is 0 Å². The highest BCUT2D eigenvalue weighted by Gasteiger charge is 2.17. The number of unbranched alkanes of at least 4 members (excludes halogenated alkanes) is 6. The van der Waals surface area contributed by atoms with Crippen LogP contribution in [0.2, 0.25) is 0 Å². The summed E-state index contributed by atoms with van der Waals surface area (Å²) in [5, 5.41) is 0. The molecule has 0 bridgehead atoms. The Labute approximate surface area is 535 Å². The predicted octanol–water partition coefficient (Wildman–Crippen LogP) is 15.8. The fraction of sp³-hybridized carbons (Fsp3) is 0.750. The fourth-order valence-electron chi connectivity index (χ4n) is 9.52. The second-order valence-electron chi connectivity index (χ2n) is 23.7. The molecule has 0 spiro atoms. The van der Waals surface area contributed by atoms with Crippen LogP contribution in [0.15, 0.2) is 73.7 Å². The van der Waals surface area contributed by atoms with Crippen LogP contribution >= 0.6 is 0 Å². The molecular weight excluding hydrogens is 1110 g/mol. The Hall–Kier alpha value is -5.38. The van der Waals surface area contributed by atoms with E-state index < -0.39 is 35.8 Å². The number of nitrogens with zero attached hydrogens (tertiary/aromatic N) is 4. The minimum atomic E-state index is -0.498. The van der Waals surface area contributed by atoms with Gasteiger partial charge in [-0.25, -0.2) is 28.8 Å². The topological polar surface area (TPSA) is 171 Å². The van der Waals surface area contributed by atoms with Crippen LogP contribution in [0, 0.1) is 35.5 Å². The minimum Gasteiger partial charge on any atom is -0.462 e. The molecule has 0 aromatic carbocycles. The number of carbonyl (C=O) groups excluding carboxylic acids is 6. The third-order valence-corrected chi connectivity index (χ3v) is 16.5. The van der Waals surface area contributed by atoms with Gasteiger partial charge in [0.15, 0.2) is 0 Å².